The molecule has 0 radical (unpaired) electrons. The summed E-state index contributed by atoms with van der Waals surface area (Å²) in [7, 11) is 0. The van der Waals surface area contributed by atoms with Crippen molar-refractivity contribution in [3.63, 3.8) is 0 Å². The van der Waals surface area contributed by atoms with Crippen LogP contribution in [0.25, 0.3) is 0 Å². The highest BCUT2D eigenvalue weighted by Crippen LogP contribution is 2.36. The topological polar surface area (TPSA) is 37.0 Å². The summed E-state index contributed by atoms with van der Waals surface area (Å²) in [5.41, 5.74) is 3.25. The van der Waals surface area contributed by atoms with Crippen LogP contribution in [0.3, 0.4) is 0 Å². The molecular formula is C19H18Cl3N3S. The summed E-state index contributed by atoms with van der Waals surface area (Å²) in [6.45, 7) is 3.80. The van der Waals surface area contributed by atoms with Crippen LogP contribution < -0.4 is 10.6 Å². The van der Waals surface area contributed by atoms with Crippen molar-refractivity contribution in [2.45, 2.75) is 19.9 Å². The summed E-state index contributed by atoms with van der Waals surface area (Å²) in [5, 5.41) is 8.80. The third-order valence-corrected chi connectivity index (χ3v) is 5.49. The quantitative estimate of drug-likeness (QED) is 0.424. The van der Waals surface area contributed by atoms with Crippen molar-refractivity contribution < 1.29 is 0 Å². The zero-order valence-corrected chi connectivity index (χ0v) is 17.2. The second kappa shape index (κ2) is 9.07. The Labute approximate surface area is 172 Å². The molecule has 2 N–H and O–H groups in total. The Balaban J connectivity index is 1.52. The maximum atomic E-state index is 6.20. The van der Waals surface area contributed by atoms with E-state index in [1.54, 1.807) is 23.5 Å². The number of thiazole rings is 1. The number of benzene rings is 2. The molecule has 0 bridgehead atoms. The van der Waals surface area contributed by atoms with Gasteiger partial charge in [-0.05, 0) is 37.6 Å². The Morgan fingerprint density at radius 1 is 1.08 bits per heavy atom. The molecule has 26 heavy (non-hydrogen) atoms. The number of anilines is 2. The standard InChI is InChI=1S/C19H18Cl3N3S/c1-12-3-2-4-13(7-12)5-6-23-10-15-11-24-19(26-15)25-18-16(21)8-14(20)9-17(18)22/h2-4,7-9,11,23H,5-6,10H2,1H3,(H,24,25). The first kappa shape index (κ1) is 19.5. The second-order valence-corrected chi connectivity index (χ2v) is 8.28. The number of hydrogen-bond acceptors (Lipinski definition) is 4. The maximum absolute atomic E-state index is 6.20. The SMILES string of the molecule is Cc1cccc(CCNCc2cnc(Nc3c(Cl)cc(Cl)cc3Cl)s2)c1. The van der Waals surface area contributed by atoms with Gasteiger partial charge in [0, 0.05) is 22.6 Å². The van der Waals surface area contributed by atoms with Crippen LogP contribution in [-0.4, -0.2) is 11.5 Å². The fourth-order valence-corrected chi connectivity index (χ4v) is 4.23. The lowest BCUT2D eigenvalue weighted by atomic mass is 10.1. The number of nitrogens with one attached hydrogen (secondary N) is 2. The van der Waals surface area contributed by atoms with Crippen LogP contribution in [0.5, 0.6) is 0 Å². The van der Waals surface area contributed by atoms with E-state index in [0.29, 0.717) is 20.8 Å². The number of aromatic nitrogens is 1. The van der Waals surface area contributed by atoms with E-state index in [0.717, 1.165) is 29.5 Å². The molecule has 3 aromatic rings. The third-order valence-electron chi connectivity index (χ3n) is 3.76. The van der Waals surface area contributed by atoms with Gasteiger partial charge in [0.05, 0.1) is 15.7 Å². The van der Waals surface area contributed by atoms with Gasteiger partial charge in [-0.15, -0.1) is 11.3 Å². The number of hydrogen-bond donors (Lipinski definition) is 2. The van der Waals surface area contributed by atoms with E-state index in [-0.39, 0.29) is 0 Å². The molecule has 3 nitrogen and oxygen atoms in total. The smallest absolute Gasteiger partial charge is 0.187 e. The lowest BCUT2D eigenvalue weighted by molar-refractivity contribution is 0.692. The van der Waals surface area contributed by atoms with Gasteiger partial charge in [0.25, 0.3) is 0 Å². The van der Waals surface area contributed by atoms with Crippen LogP contribution >= 0.6 is 46.1 Å². The van der Waals surface area contributed by atoms with Crippen molar-refractivity contribution in [1.82, 2.24) is 10.3 Å². The van der Waals surface area contributed by atoms with Gasteiger partial charge in [0.1, 0.15) is 0 Å². The lowest BCUT2D eigenvalue weighted by Crippen LogP contribution is -2.15. The molecule has 0 atom stereocenters. The van der Waals surface area contributed by atoms with Crippen LogP contribution in [0.15, 0.2) is 42.6 Å². The average Bonchev–Trinajstić information content (AvgIpc) is 3.03. The fourth-order valence-electron chi connectivity index (χ4n) is 2.53. The van der Waals surface area contributed by atoms with Crippen molar-refractivity contribution >= 4 is 57.0 Å². The Kier molecular flexibility index (Phi) is 6.79. The molecule has 136 valence electrons. The highest BCUT2D eigenvalue weighted by Gasteiger charge is 2.10. The van der Waals surface area contributed by atoms with Crippen LogP contribution in [0, 0.1) is 6.92 Å². The number of halogens is 3. The molecule has 3 rings (SSSR count). The summed E-state index contributed by atoms with van der Waals surface area (Å²) in [6, 6.07) is 11.9. The average molecular weight is 427 g/mol. The fraction of sp³-hybridized carbons (Fsp3) is 0.211. The van der Waals surface area contributed by atoms with E-state index >= 15 is 0 Å². The minimum atomic E-state index is 0.468. The molecular weight excluding hydrogens is 409 g/mol. The van der Waals surface area contributed by atoms with Gasteiger partial charge in [0.2, 0.25) is 0 Å². The highest BCUT2D eigenvalue weighted by molar-refractivity contribution is 7.15. The lowest BCUT2D eigenvalue weighted by Gasteiger charge is -2.08. The summed E-state index contributed by atoms with van der Waals surface area (Å²) >= 11 is 19.9. The minimum Gasteiger partial charge on any atom is -0.329 e. The van der Waals surface area contributed by atoms with E-state index in [1.165, 1.54) is 11.1 Å². The van der Waals surface area contributed by atoms with E-state index in [4.69, 9.17) is 34.8 Å². The molecule has 0 aliphatic heterocycles. The van der Waals surface area contributed by atoms with Crippen molar-refractivity contribution in [1.29, 1.82) is 0 Å². The van der Waals surface area contributed by atoms with Crippen LogP contribution in [0.4, 0.5) is 10.8 Å². The number of rotatable bonds is 7. The Morgan fingerprint density at radius 3 is 2.58 bits per heavy atom. The van der Waals surface area contributed by atoms with Gasteiger partial charge in [0.15, 0.2) is 5.13 Å². The Morgan fingerprint density at radius 2 is 1.85 bits per heavy atom. The van der Waals surface area contributed by atoms with Crippen LogP contribution in [-0.2, 0) is 13.0 Å². The van der Waals surface area contributed by atoms with Gasteiger partial charge in [-0.2, -0.15) is 0 Å². The van der Waals surface area contributed by atoms with Crippen LogP contribution in [0.1, 0.15) is 16.0 Å². The summed E-state index contributed by atoms with van der Waals surface area (Å²) in [6.07, 6.45) is 2.85. The third kappa shape index (κ3) is 5.35. The van der Waals surface area contributed by atoms with E-state index in [1.807, 2.05) is 6.20 Å². The van der Waals surface area contributed by atoms with E-state index in [2.05, 4.69) is 46.8 Å². The molecule has 0 fully saturated rings. The molecule has 0 unspecified atom stereocenters. The monoisotopic (exact) mass is 425 g/mol. The highest BCUT2D eigenvalue weighted by atomic mass is 35.5. The molecule has 1 heterocycles. The molecule has 0 spiro atoms. The molecule has 2 aromatic carbocycles. The van der Waals surface area contributed by atoms with Gasteiger partial charge in [-0.1, -0.05) is 64.6 Å². The molecule has 0 aliphatic rings. The minimum absolute atomic E-state index is 0.468. The van der Waals surface area contributed by atoms with E-state index in [9.17, 15) is 0 Å². The van der Waals surface area contributed by atoms with Crippen molar-refractivity contribution in [2.24, 2.45) is 0 Å². The predicted molar refractivity (Wildman–Crippen MR) is 113 cm³/mol. The molecule has 7 heteroatoms. The van der Waals surface area contributed by atoms with Gasteiger partial charge in [-0.3, -0.25) is 0 Å². The number of aryl methyl sites for hydroxylation is 1. The molecule has 1 aromatic heterocycles. The largest absolute Gasteiger partial charge is 0.329 e. The Bertz CT molecular complexity index is 872. The molecule has 0 saturated heterocycles. The van der Waals surface area contributed by atoms with Gasteiger partial charge < -0.3 is 10.6 Å². The second-order valence-electron chi connectivity index (χ2n) is 5.92. The molecule has 0 amide bonds. The van der Waals surface area contributed by atoms with Crippen LogP contribution in [0.2, 0.25) is 15.1 Å². The first-order valence-corrected chi connectivity index (χ1v) is 10.1. The maximum Gasteiger partial charge on any atom is 0.187 e. The first-order chi connectivity index (χ1) is 12.5. The summed E-state index contributed by atoms with van der Waals surface area (Å²) in [4.78, 5) is 5.52. The number of nitrogens with zero attached hydrogens (tertiary/aromatic N) is 1. The first-order valence-electron chi connectivity index (χ1n) is 8.14. The molecule has 0 saturated carbocycles. The summed E-state index contributed by atoms with van der Waals surface area (Å²) < 4.78 is 0. The van der Waals surface area contributed by atoms with Gasteiger partial charge in [-0.25, -0.2) is 4.98 Å². The van der Waals surface area contributed by atoms with Crippen molar-refractivity contribution in [2.75, 3.05) is 11.9 Å². The predicted octanol–water partition coefficient (Wildman–Crippen LogP) is 6.49. The Hall–Kier alpha value is -1.30. The van der Waals surface area contributed by atoms with Crippen molar-refractivity contribution in [3.8, 4) is 0 Å². The zero-order chi connectivity index (χ0) is 18.5. The summed E-state index contributed by atoms with van der Waals surface area (Å²) in [5.74, 6) is 0. The zero-order valence-electron chi connectivity index (χ0n) is 14.2. The van der Waals surface area contributed by atoms with E-state index < -0.39 is 0 Å². The van der Waals surface area contributed by atoms with Crippen molar-refractivity contribution in [3.05, 3.63) is 73.7 Å². The van der Waals surface area contributed by atoms with Gasteiger partial charge >= 0.3 is 0 Å². The molecule has 0 aliphatic carbocycles. The normalized spacial score (nSPS) is 10.9.